The van der Waals surface area contributed by atoms with Crippen molar-refractivity contribution < 1.29 is 9.59 Å². The minimum absolute atomic E-state index is 0.0439. The lowest BCUT2D eigenvalue weighted by molar-refractivity contribution is -0.136. The van der Waals surface area contributed by atoms with Gasteiger partial charge in [0.1, 0.15) is 6.54 Å². The molecule has 0 spiro atoms. The summed E-state index contributed by atoms with van der Waals surface area (Å²) in [6.45, 7) is 0.0510. The fourth-order valence-corrected chi connectivity index (χ4v) is 4.82. The van der Waals surface area contributed by atoms with Gasteiger partial charge in [0.2, 0.25) is 11.8 Å². The number of halogens is 1. The number of rotatable bonds is 4. The van der Waals surface area contributed by atoms with Gasteiger partial charge >= 0.3 is 0 Å². The first-order valence-electron chi connectivity index (χ1n) is 10.6. The smallest absolute Gasteiger partial charge is 0.244 e. The van der Waals surface area contributed by atoms with Crippen molar-refractivity contribution in [1.82, 2.24) is 4.90 Å². The summed E-state index contributed by atoms with van der Waals surface area (Å²) in [5.74, 6) is 0.495. The lowest BCUT2D eigenvalue weighted by Gasteiger charge is -2.31. The standard InChI is InChI=1S/C24H27ClN2O2/c25-19-12-13-20-21(15-19)26-22(28)16-27(24(20)18-9-5-2-6-10-18)23(29)14-11-17-7-3-1-4-8-17/h2,5-6,9-10,12-13,15,17,24H,1,3-4,7-8,11,14,16H2,(H,26,28). The van der Waals surface area contributed by atoms with Crippen molar-refractivity contribution in [1.29, 1.82) is 0 Å². The van der Waals surface area contributed by atoms with Gasteiger partial charge in [-0.15, -0.1) is 0 Å². The molecule has 1 fully saturated rings. The Balaban J connectivity index is 1.65. The number of hydrogen-bond acceptors (Lipinski definition) is 2. The molecule has 0 aromatic heterocycles. The summed E-state index contributed by atoms with van der Waals surface area (Å²) in [6, 6.07) is 15.1. The van der Waals surface area contributed by atoms with Crippen molar-refractivity contribution in [3.63, 3.8) is 0 Å². The van der Waals surface area contributed by atoms with Crippen LogP contribution < -0.4 is 5.32 Å². The van der Waals surface area contributed by atoms with Gasteiger partial charge < -0.3 is 10.2 Å². The topological polar surface area (TPSA) is 49.4 Å². The molecule has 0 radical (unpaired) electrons. The third kappa shape index (κ3) is 4.64. The molecule has 152 valence electrons. The first-order valence-corrected chi connectivity index (χ1v) is 10.9. The van der Waals surface area contributed by atoms with E-state index in [-0.39, 0.29) is 24.4 Å². The van der Waals surface area contributed by atoms with E-state index in [9.17, 15) is 9.59 Å². The summed E-state index contributed by atoms with van der Waals surface area (Å²) in [4.78, 5) is 27.7. The summed E-state index contributed by atoms with van der Waals surface area (Å²) in [5.41, 5.74) is 2.58. The molecule has 4 nitrogen and oxygen atoms in total. The van der Waals surface area contributed by atoms with Crippen LogP contribution in [0.5, 0.6) is 0 Å². The van der Waals surface area contributed by atoms with Gasteiger partial charge in [-0.1, -0.05) is 80.1 Å². The van der Waals surface area contributed by atoms with E-state index in [2.05, 4.69) is 5.32 Å². The van der Waals surface area contributed by atoms with Gasteiger partial charge in [0.05, 0.1) is 6.04 Å². The molecule has 1 aliphatic heterocycles. The number of amides is 2. The summed E-state index contributed by atoms with van der Waals surface area (Å²) in [5, 5.41) is 3.50. The highest BCUT2D eigenvalue weighted by molar-refractivity contribution is 6.31. The van der Waals surface area contributed by atoms with Gasteiger partial charge in [0.25, 0.3) is 0 Å². The lowest BCUT2D eigenvalue weighted by atomic mass is 9.86. The Hall–Kier alpha value is -2.33. The largest absolute Gasteiger partial charge is 0.324 e. The first-order chi connectivity index (χ1) is 14.1. The van der Waals surface area contributed by atoms with Crippen molar-refractivity contribution in [3.05, 3.63) is 64.7 Å². The maximum absolute atomic E-state index is 13.3. The number of benzene rings is 2. The summed E-state index contributed by atoms with van der Waals surface area (Å²) >= 11 is 6.17. The number of hydrogen-bond donors (Lipinski definition) is 1. The Morgan fingerprint density at radius 3 is 2.59 bits per heavy atom. The van der Waals surface area contributed by atoms with E-state index in [1.165, 1.54) is 32.1 Å². The third-order valence-corrected chi connectivity index (χ3v) is 6.37. The van der Waals surface area contributed by atoms with Crippen LogP contribution in [0.25, 0.3) is 0 Å². The minimum atomic E-state index is -0.304. The SMILES string of the molecule is O=C1CN(C(=O)CCC2CCCCC2)C(c2ccccc2)c2ccc(Cl)cc2N1. The van der Waals surface area contributed by atoms with E-state index in [1.54, 1.807) is 11.0 Å². The molecule has 2 amide bonds. The Morgan fingerprint density at radius 2 is 1.83 bits per heavy atom. The first kappa shape index (κ1) is 20.0. The third-order valence-electron chi connectivity index (χ3n) is 6.14. The van der Waals surface area contributed by atoms with Crippen molar-refractivity contribution in [2.75, 3.05) is 11.9 Å². The van der Waals surface area contributed by atoms with E-state index in [0.29, 0.717) is 23.0 Å². The zero-order chi connectivity index (χ0) is 20.2. The van der Waals surface area contributed by atoms with E-state index < -0.39 is 0 Å². The molecule has 5 heteroatoms. The molecule has 0 bridgehead atoms. The molecule has 1 saturated carbocycles. The van der Waals surface area contributed by atoms with Crippen LogP contribution in [-0.4, -0.2) is 23.3 Å². The average molecular weight is 411 g/mol. The van der Waals surface area contributed by atoms with Crippen molar-refractivity contribution >= 4 is 29.1 Å². The second-order valence-electron chi connectivity index (χ2n) is 8.16. The fraction of sp³-hybridized carbons (Fsp3) is 0.417. The molecule has 2 aromatic rings. The number of fused-ring (bicyclic) bond motifs is 1. The maximum atomic E-state index is 13.3. The average Bonchev–Trinajstić information content (AvgIpc) is 2.88. The maximum Gasteiger partial charge on any atom is 0.244 e. The molecule has 2 aliphatic rings. The predicted molar refractivity (Wildman–Crippen MR) is 116 cm³/mol. The van der Waals surface area contributed by atoms with Gasteiger partial charge in [-0.25, -0.2) is 0 Å². The monoisotopic (exact) mass is 410 g/mol. The Kier molecular flexibility index (Phi) is 6.19. The van der Waals surface area contributed by atoms with Gasteiger partial charge in [0.15, 0.2) is 0 Å². The molecule has 1 heterocycles. The highest BCUT2D eigenvalue weighted by Crippen LogP contribution is 2.38. The minimum Gasteiger partial charge on any atom is -0.324 e. The number of anilines is 1. The molecular weight excluding hydrogens is 384 g/mol. The number of nitrogens with zero attached hydrogens (tertiary/aromatic N) is 1. The number of nitrogens with one attached hydrogen (secondary N) is 1. The number of carbonyl (C=O) groups excluding carboxylic acids is 2. The zero-order valence-electron chi connectivity index (χ0n) is 16.6. The van der Waals surface area contributed by atoms with Crippen molar-refractivity contribution in [2.45, 2.75) is 51.0 Å². The number of carbonyl (C=O) groups is 2. The molecule has 2 aromatic carbocycles. The summed E-state index contributed by atoms with van der Waals surface area (Å²) < 4.78 is 0. The normalized spacial score (nSPS) is 20.0. The van der Waals surface area contributed by atoms with E-state index in [4.69, 9.17) is 11.6 Å². The van der Waals surface area contributed by atoms with Crippen molar-refractivity contribution in [2.24, 2.45) is 5.92 Å². The molecule has 0 saturated heterocycles. The van der Waals surface area contributed by atoms with Crippen LogP contribution in [0.4, 0.5) is 5.69 Å². The quantitative estimate of drug-likeness (QED) is 0.716. The van der Waals surface area contributed by atoms with Crippen LogP contribution in [0.15, 0.2) is 48.5 Å². The zero-order valence-corrected chi connectivity index (χ0v) is 17.3. The highest BCUT2D eigenvalue weighted by atomic mass is 35.5. The lowest BCUT2D eigenvalue weighted by Crippen LogP contribution is -2.39. The van der Waals surface area contributed by atoms with Gasteiger partial charge in [0, 0.05) is 22.7 Å². The van der Waals surface area contributed by atoms with Crippen LogP contribution in [-0.2, 0) is 9.59 Å². The van der Waals surface area contributed by atoms with Crippen LogP contribution in [0, 0.1) is 5.92 Å². The predicted octanol–water partition coefficient (Wildman–Crippen LogP) is 5.57. The highest BCUT2D eigenvalue weighted by Gasteiger charge is 2.33. The van der Waals surface area contributed by atoms with E-state index in [0.717, 1.165) is 17.5 Å². The van der Waals surface area contributed by atoms with Crippen LogP contribution in [0.3, 0.4) is 0 Å². The van der Waals surface area contributed by atoms with Crippen LogP contribution in [0.1, 0.15) is 62.1 Å². The summed E-state index contributed by atoms with van der Waals surface area (Å²) in [6.07, 6.45) is 7.69. The molecule has 29 heavy (non-hydrogen) atoms. The fourth-order valence-electron chi connectivity index (χ4n) is 4.65. The molecule has 4 rings (SSSR count). The van der Waals surface area contributed by atoms with Gasteiger partial charge in [-0.3, -0.25) is 9.59 Å². The molecule has 1 aliphatic carbocycles. The second kappa shape index (κ2) is 9.00. The van der Waals surface area contributed by atoms with E-state index >= 15 is 0 Å². The Bertz CT molecular complexity index is 878. The van der Waals surface area contributed by atoms with Crippen LogP contribution in [0.2, 0.25) is 5.02 Å². The second-order valence-corrected chi connectivity index (χ2v) is 8.59. The van der Waals surface area contributed by atoms with Gasteiger partial charge in [-0.05, 0) is 30.0 Å². The summed E-state index contributed by atoms with van der Waals surface area (Å²) in [7, 11) is 0. The van der Waals surface area contributed by atoms with E-state index in [1.807, 2.05) is 42.5 Å². The Morgan fingerprint density at radius 1 is 1.07 bits per heavy atom. The van der Waals surface area contributed by atoms with Gasteiger partial charge in [-0.2, -0.15) is 0 Å². The molecule has 1 atom stereocenters. The Labute approximate surface area is 177 Å². The molecule has 1 unspecified atom stereocenters. The molecular formula is C24H27ClN2O2. The molecule has 1 N–H and O–H groups in total. The van der Waals surface area contributed by atoms with Crippen molar-refractivity contribution in [3.8, 4) is 0 Å². The van der Waals surface area contributed by atoms with Crippen LogP contribution >= 0.6 is 11.6 Å².